The number of para-hydroxylation sites is 1. The summed E-state index contributed by atoms with van der Waals surface area (Å²) >= 11 is 0. The number of hydrogen-bond donors (Lipinski definition) is 3. The summed E-state index contributed by atoms with van der Waals surface area (Å²) in [6, 6.07) is 16.4. The van der Waals surface area contributed by atoms with Gasteiger partial charge in [0.1, 0.15) is 5.69 Å². The van der Waals surface area contributed by atoms with Crippen LogP contribution in [0.4, 0.5) is 23.1 Å². The Bertz CT molecular complexity index is 1060. The molecule has 1 aromatic carbocycles. The van der Waals surface area contributed by atoms with Gasteiger partial charge < -0.3 is 16.4 Å². The highest BCUT2D eigenvalue weighted by Gasteiger charge is 2.28. The van der Waals surface area contributed by atoms with Crippen LogP contribution in [0.2, 0.25) is 0 Å². The quantitative estimate of drug-likeness (QED) is 0.328. The van der Waals surface area contributed by atoms with Gasteiger partial charge in [-0.3, -0.25) is 15.1 Å². The van der Waals surface area contributed by atoms with Gasteiger partial charge in [0.25, 0.3) is 0 Å². The molecule has 1 aliphatic rings. The predicted octanol–water partition coefficient (Wildman–Crippen LogP) is 4.23. The molecule has 1 fully saturated rings. The van der Waals surface area contributed by atoms with E-state index in [0.717, 1.165) is 37.1 Å². The number of nitro groups is 1. The summed E-state index contributed by atoms with van der Waals surface area (Å²) in [6.45, 7) is 0.559. The largest absolute Gasteiger partial charge is 0.382 e. The maximum atomic E-state index is 11.7. The Balaban J connectivity index is 1.38. The van der Waals surface area contributed by atoms with Gasteiger partial charge in [0.2, 0.25) is 11.8 Å². The molecule has 0 spiro atoms. The van der Waals surface area contributed by atoms with E-state index in [2.05, 4.69) is 37.7 Å². The summed E-state index contributed by atoms with van der Waals surface area (Å²) in [7, 11) is 0. The molecular weight excluding hydrogens is 418 g/mol. The fourth-order valence-corrected chi connectivity index (χ4v) is 4.34. The maximum absolute atomic E-state index is 11.7. The average Bonchev–Trinajstić information content (AvgIpc) is 2.81. The number of nitrogens with two attached hydrogens (primary N) is 1. The summed E-state index contributed by atoms with van der Waals surface area (Å²) in [5, 5.41) is 18.4. The van der Waals surface area contributed by atoms with E-state index in [0.29, 0.717) is 43.0 Å². The van der Waals surface area contributed by atoms with Crippen molar-refractivity contribution in [3.63, 3.8) is 0 Å². The summed E-state index contributed by atoms with van der Waals surface area (Å²) in [4.78, 5) is 24.1. The summed E-state index contributed by atoms with van der Waals surface area (Å²) in [5.41, 5.74) is 8.27. The van der Waals surface area contributed by atoms with Crippen molar-refractivity contribution in [3.05, 3.63) is 76.2 Å². The fourth-order valence-electron chi connectivity index (χ4n) is 4.34. The third-order valence-electron chi connectivity index (χ3n) is 6.03. The Morgan fingerprint density at radius 3 is 2.48 bits per heavy atom. The molecule has 172 valence electrons. The highest BCUT2D eigenvalue weighted by molar-refractivity contribution is 5.58. The summed E-state index contributed by atoms with van der Waals surface area (Å²) < 4.78 is 0. The minimum absolute atomic E-state index is 0.0928. The lowest BCUT2D eigenvalue weighted by atomic mass is 9.83. The number of nitrogen functional groups attached to an aromatic ring is 1. The zero-order valence-corrected chi connectivity index (χ0v) is 18.5. The third kappa shape index (κ3) is 6.15. The van der Waals surface area contributed by atoms with Gasteiger partial charge in [-0.2, -0.15) is 4.98 Å². The summed E-state index contributed by atoms with van der Waals surface area (Å²) in [5.74, 6) is 0.557. The van der Waals surface area contributed by atoms with Crippen LogP contribution in [-0.2, 0) is 12.8 Å². The van der Waals surface area contributed by atoms with E-state index >= 15 is 0 Å². The van der Waals surface area contributed by atoms with E-state index in [1.54, 1.807) is 6.20 Å². The molecule has 0 atom stereocenters. The third-order valence-corrected chi connectivity index (χ3v) is 6.03. The Hall–Kier alpha value is -3.75. The van der Waals surface area contributed by atoms with Gasteiger partial charge in [-0.25, -0.2) is 4.98 Å². The van der Waals surface area contributed by atoms with Crippen molar-refractivity contribution >= 4 is 23.1 Å². The van der Waals surface area contributed by atoms with Crippen molar-refractivity contribution in [2.75, 3.05) is 22.9 Å². The number of pyridine rings is 1. The van der Waals surface area contributed by atoms with E-state index in [9.17, 15) is 10.1 Å². The molecule has 9 heteroatoms. The van der Waals surface area contributed by atoms with Crippen molar-refractivity contribution in [2.24, 2.45) is 5.92 Å². The second-order valence-corrected chi connectivity index (χ2v) is 8.41. The van der Waals surface area contributed by atoms with E-state index < -0.39 is 4.92 Å². The Morgan fingerprint density at radius 2 is 1.79 bits per heavy atom. The predicted molar refractivity (Wildman–Crippen MR) is 129 cm³/mol. The normalized spacial score (nSPS) is 17.9. The lowest BCUT2D eigenvalue weighted by Gasteiger charge is -2.29. The first-order chi connectivity index (χ1) is 16.1. The number of rotatable bonds is 9. The SMILES string of the molecule is Nc1nc(NCCc2ccccn2)nc(C[C@H]2CC[C@H](Nc3ccccc3)CC2)c1[N+](=O)[O-]. The first-order valence-corrected chi connectivity index (χ1v) is 11.3. The van der Waals surface area contributed by atoms with Crippen LogP contribution in [0.15, 0.2) is 54.7 Å². The van der Waals surface area contributed by atoms with Crippen LogP contribution >= 0.6 is 0 Å². The van der Waals surface area contributed by atoms with Crippen LogP contribution in [0.25, 0.3) is 0 Å². The minimum atomic E-state index is -0.467. The number of nitrogens with zero attached hydrogens (tertiary/aromatic N) is 4. The Kier molecular flexibility index (Phi) is 7.29. The molecule has 0 bridgehead atoms. The molecule has 0 aliphatic heterocycles. The molecular formula is C24H29N7O2. The maximum Gasteiger partial charge on any atom is 0.332 e. The minimum Gasteiger partial charge on any atom is -0.382 e. The topological polar surface area (TPSA) is 132 Å². The first-order valence-electron chi connectivity index (χ1n) is 11.3. The van der Waals surface area contributed by atoms with E-state index in [1.165, 1.54) is 0 Å². The van der Waals surface area contributed by atoms with E-state index in [4.69, 9.17) is 5.73 Å². The first kappa shape index (κ1) is 22.4. The van der Waals surface area contributed by atoms with Gasteiger partial charge in [0, 0.05) is 36.6 Å². The molecule has 0 amide bonds. The molecule has 4 rings (SSSR count). The van der Waals surface area contributed by atoms with Crippen molar-refractivity contribution in [3.8, 4) is 0 Å². The van der Waals surface area contributed by atoms with Crippen LogP contribution in [0.3, 0.4) is 0 Å². The molecule has 2 heterocycles. The summed E-state index contributed by atoms with van der Waals surface area (Å²) in [6.07, 6.45) is 6.96. The smallest absolute Gasteiger partial charge is 0.332 e. The van der Waals surface area contributed by atoms with Crippen LogP contribution in [0, 0.1) is 16.0 Å². The lowest BCUT2D eigenvalue weighted by Crippen LogP contribution is -2.27. The number of hydrogen-bond acceptors (Lipinski definition) is 8. The van der Waals surface area contributed by atoms with Crippen molar-refractivity contribution in [1.29, 1.82) is 0 Å². The highest BCUT2D eigenvalue weighted by atomic mass is 16.6. The molecule has 0 unspecified atom stereocenters. The highest BCUT2D eigenvalue weighted by Crippen LogP contribution is 2.33. The van der Waals surface area contributed by atoms with E-state index in [1.807, 2.05) is 36.4 Å². The van der Waals surface area contributed by atoms with Gasteiger partial charge in [-0.1, -0.05) is 24.3 Å². The van der Waals surface area contributed by atoms with Crippen molar-refractivity contribution < 1.29 is 4.92 Å². The molecule has 3 aromatic rings. The van der Waals surface area contributed by atoms with Crippen LogP contribution < -0.4 is 16.4 Å². The molecule has 1 saturated carbocycles. The molecule has 9 nitrogen and oxygen atoms in total. The van der Waals surface area contributed by atoms with Crippen LogP contribution in [-0.4, -0.2) is 32.5 Å². The van der Waals surface area contributed by atoms with Gasteiger partial charge in [-0.05, 0) is 62.3 Å². The molecule has 0 saturated heterocycles. The zero-order valence-electron chi connectivity index (χ0n) is 18.5. The van der Waals surface area contributed by atoms with Crippen molar-refractivity contribution in [2.45, 2.75) is 44.6 Å². The van der Waals surface area contributed by atoms with Crippen molar-refractivity contribution in [1.82, 2.24) is 15.0 Å². The fraction of sp³-hybridized carbons (Fsp3) is 0.375. The second-order valence-electron chi connectivity index (χ2n) is 8.41. The lowest BCUT2D eigenvalue weighted by molar-refractivity contribution is -0.385. The number of nitrogens with one attached hydrogen (secondary N) is 2. The van der Waals surface area contributed by atoms with Gasteiger partial charge in [0.15, 0.2) is 0 Å². The molecule has 0 radical (unpaired) electrons. The zero-order chi connectivity index (χ0) is 23.0. The molecule has 4 N–H and O–H groups in total. The Labute approximate surface area is 193 Å². The molecule has 33 heavy (non-hydrogen) atoms. The number of aromatic nitrogens is 3. The van der Waals surface area contributed by atoms with Crippen LogP contribution in [0.5, 0.6) is 0 Å². The van der Waals surface area contributed by atoms with E-state index in [-0.39, 0.29) is 11.5 Å². The van der Waals surface area contributed by atoms with Gasteiger partial charge >= 0.3 is 5.69 Å². The average molecular weight is 448 g/mol. The molecule has 2 aromatic heterocycles. The second kappa shape index (κ2) is 10.7. The monoisotopic (exact) mass is 447 g/mol. The Morgan fingerprint density at radius 1 is 1.03 bits per heavy atom. The van der Waals surface area contributed by atoms with Crippen LogP contribution in [0.1, 0.15) is 37.1 Å². The standard InChI is InChI=1S/C24H29N7O2/c25-23-22(31(32)33)21(29-24(30-23)27-15-13-18-6-4-5-14-26-18)16-17-9-11-20(12-10-17)28-19-7-2-1-3-8-19/h1-8,14,17,20,28H,9-13,15-16H2,(H3,25,27,29,30)/t17-,20-. The number of anilines is 3. The number of benzene rings is 1. The van der Waals surface area contributed by atoms with Gasteiger partial charge in [0.05, 0.1) is 4.92 Å². The molecule has 1 aliphatic carbocycles. The van der Waals surface area contributed by atoms with Gasteiger partial charge in [-0.15, -0.1) is 0 Å².